The lowest BCUT2D eigenvalue weighted by Gasteiger charge is -2.21. The van der Waals surface area contributed by atoms with Gasteiger partial charge in [0.1, 0.15) is 11.3 Å². The Bertz CT molecular complexity index is 1350. The monoisotopic (exact) mass is 510 g/mol. The molecule has 3 rings (SSSR count). The molecule has 12 heteroatoms. The zero-order valence-electron chi connectivity index (χ0n) is 19.4. The van der Waals surface area contributed by atoms with Gasteiger partial charge in [-0.05, 0) is 37.3 Å². The van der Waals surface area contributed by atoms with Crippen LogP contribution in [0.15, 0.2) is 45.6 Å². The Balaban J connectivity index is 2.07. The number of aromatic hydroxyl groups is 1. The van der Waals surface area contributed by atoms with Crippen molar-refractivity contribution in [1.29, 1.82) is 0 Å². The van der Waals surface area contributed by atoms with Crippen molar-refractivity contribution in [2.75, 3.05) is 12.8 Å². The van der Waals surface area contributed by atoms with Crippen LogP contribution in [0.1, 0.15) is 50.3 Å². The summed E-state index contributed by atoms with van der Waals surface area (Å²) in [4.78, 5) is 13.1. The largest absolute Gasteiger partial charge is 0.505 e. The van der Waals surface area contributed by atoms with Crippen LogP contribution in [0.3, 0.4) is 0 Å². The van der Waals surface area contributed by atoms with Gasteiger partial charge >= 0.3 is 0 Å². The summed E-state index contributed by atoms with van der Waals surface area (Å²) in [6.45, 7) is 7.86. The van der Waals surface area contributed by atoms with Crippen molar-refractivity contribution < 1.29 is 21.9 Å². The number of nitrogens with zero attached hydrogens (tertiary/aromatic N) is 2. The lowest BCUT2D eigenvalue weighted by molar-refractivity contribution is 0.428. The van der Waals surface area contributed by atoms with E-state index in [1.807, 2.05) is 13.8 Å². The third-order valence-electron chi connectivity index (χ3n) is 5.36. The average Bonchev–Trinajstić information content (AvgIpc) is 3.54. The Labute approximate surface area is 199 Å². The first-order valence-electron chi connectivity index (χ1n) is 10.9. The number of aryl methyl sites for hydroxylation is 1. The van der Waals surface area contributed by atoms with E-state index in [4.69, 9.17) is 0 Å². The van der Waals surface area contributed by atoms with Crippen LogP contribution in [0.2, 0.25) is 0 Å². The molecule has 0 atom stereocenters. The minimum Gasteiger partial charge on any atom is -0.505 e. The smallest absolute Gasteiger partial charge is 0.279 e. The van der Waals surface area contributed by atoms with Crippen molar-refractivity contribution in [3.05, 3.63) is 62.4 Å². The Morgan fingerprint density at radius 1 is 1.38 bits per heavy atom. The SMILES string of the molecule is C=CC1=C(/C=C\CNS(C)(=O)=O)NC(c2c(O)c(C3CC3)nn(CCC(C)C)c2=O)=CS1(=O)=O. The maximum atomic E-state index is 13.3. The van der Waals surface area contributed by atoms with Crippen molar-refractivity contribution in [3.63, 3.8) is 0 Å². The highest BCUT2D eigenvalue weighted by molar-refractivity contribution is 7.98. The van der Waals surface area contributed by atoms with E-state index in [9.17, 15) is 26.7 Å². The van der Waals surface area contributed by atoms with Gasteiger partial charge in [-0.2, -0.15) is 5.10 Å². The Morgan fingerprint density at radius 3 is 2.62 bits per heavy atom. The van der Waals surface area contributed by atoms with Crippen molar-refractivity contribution >= 4 is 25.6 Å². The van der Waals surface area contributed by atoms with E-state index >= 15 is 0 Å². The van der Waals surface area contributed by atoms with Gasteiger partial charge in [0, 0.05) is 19.0 Å². The Kier molecular flexibility index (Phi) is 7.53. The molecule has 2 aliphatic rings. The predicted octanol–water partition coefficient (Wildman–Crippen LogP) is 1.69. The van der Waals surface area contributed by atoms with Crippen LogP contribution >= 0.6 is 0 Å². The van der Waals surface area contributed by atoms with Gasteiger partial charge in [-0.15, -0.1) is 0 Å². The highest BCUT2D eigenvalue weighted by Gasteiger charge is 2.34. The van der Waals surface area contributed by atoms with Crippen LogP contribution in [0.25, 0.3) is 5.70 Å². The summed E-state index contributed by atoms with van der Waals surface area (Å²) in [7, 11) is -7.44. The number of sulfone groups is 1. The third kappa shape index (κ3) is 6.05. The van der Waals surface area contributed by atoms with Gasteiger partial charge in [-0.25, -0.2) is 26.2 Å². The molecule has 0 amide bonds. The number of hydrogen-bond acceptors (Lipinski definition) is 8. The van der Waals surface area contributed by atoms with Gasteiger partial charge in [0.25, 0.3) is 5.56 Å². The molecule has 1 fully saturated rings. The van der Waals surface area contributed by atoms with Crippen LogP contribution in [-0.4, -0.2) is 44.5 Å². The molecule has 0 spiro atoms. The topological polar surface area (TPSA) is 147 Å². The van der Waals surface area contributed by atoms with Gasteiger partial charge in [-0.3, -0.25) is 4.79 Å². The minimum atomic E-state index is -4.01. The van der Waals surface area contributed by atoms with Crippen LogP contribution < -0.4 is 15.6 Å². The average molecular weight is 511 g/mol. The highest BCUT2D eigenvalue weighted by Crippen LogP contribution is 2.44. The van der Waals surface area contributed by atoms with Gasteiger partial charge in [0.2, 0.25) is 19.9 Å². The molecule has 1 aromatic heterocycles. The minimum absolute atomic E-state index is 0.0196. The summed E-state index contributed by atoms with van der Waals surface area (Å²) >= 11 is 0. The molecule has 34 heavy (non-hydrogen) atoms. The van der Waals surface area contributed by atoms with E-state index in [0.29, 0.717) is 24.6 Å². The number of hydrogen-bond donors (Lipinski definition) is 3. The lowest BCUT2D eigenvalue weighted by Crippen LogP contribution is -2.32. The van der Waals surface area contributed by atoms with E-state index < -0.39 is 25.4 Å². The molecule has 3 N–H and O–H groups in total. The summed E-state index contributed by atoms with van der Waals surface area (Å²) in [5.74, 6) is 0.00984. The predicted molar refractivity (Wildman–Crippen MR) is 131 cm³/mol. The molecule has 1 aliphatic heterocycles. The molecule has 186 valence electrons. The second-order valence-corrected chi connectivity index (χ2v) is 12.4. The van der Waals surface area contributed by atoms with Crippen LogP contribution in [0, 0.1) is 5.92 Å². The van der Waals surface area contributed by atoms with Gasteiger partial charge in [0.15, 0.2) is 5.75 Å². The second-order valence-electron chi connectivity index (χ2n) is 8.80. The van der Waals surface area contributed by atoms with Crippen molar-refractivity contribution in [2.24, 2.45) is 5.92 Å². The Hall–Kier alpha value is -2.70. The summed E-state index contributed by atoms with van der Waals surface area (Å²) in [6.07, 6.45) is 7.32. The zero-order chi connectivity index (χ0) is 25.3. The fourth-order valence-electron chi connectivity index (χ4n) is 3.44. The zero-order valence-corrected chi connectivity index (χ0v) is 21.0. The second kappa shape index (κ2) is 9.88. The maximum Gasteiger partial charge on any atom is 0.279 e. The summed E-state index contributed by atoms with van der Waals surface area (Å²) in [6, 6.07) is 0. The standard InChI is InChI=1S/C22H30N4O6S2/c1-5-18-16(7-6-11-23-33(4,29)30)24-17(13-34(18,31)32)19-21(27)20(15-8-9-15)25-26(22(19)28)12-10-14(2)3/h5-7,13-15,23-24,27H,1,8-12H2,2-4H3/b7-6-. The highest BCUT2D eigenvalue weighted by atomic mass is 32.2. The van der Waals surface area contributed by atoms with E-state index in [-0.39, 0.29) is 40.1 Å². The molecule has 2 heterocycles. The van der Waals surface area contributed by atoms with Gasteiger partial charge < -0.3 is 10.4 Å². The van der Waals surface area contributed by atoms with Crippen molar-refractivity contribution in [1.82, 2.24) is 19.8 Å². The van der Waals surface area contributed by atoms with Crippen LogP contribution in [0.4, 0.5) is 0 Å². The molecule has 1 saturated carbocycles. The first-order chi connectivity index (χ1) is 15.8. The quantitative estimate of drug-likeness (QED) is 0.431. The van der Waals surface area contributed by atoms with Gasteiger partial charge in [-0.1, -0.05) is 26.5 Å². The van der Waals surface area contributed by atoms with E-state index in [2.05, 4.69) is 21.7 Å². The summed E-state index contributed by atoms with van der Waals surface area (Å²) in [5.41, 5.74) is -0.355. The fourth-order valence-corrected chi connectivity index (χ4v) is 5.11. The molecular formula is C22H30N4O6S2. The molecule has 0 saturated heterocycles. The van der Waals surface area contributed by atoms with Crippen molar-refractivity contribution in [3.8, 4) is 5.75 Å². The number of nitrogens with one attached hydrogen (secondary N) is 2. The molecule has 0 bridgehead atoms. The van der Waals surface area contributed by atoms with Crippen LogP contribution in [0.5, 0.6) is 5.75 Å². The number of aromatic nitrogens is 2. The molecular weight excluding hydrogens is 480 g/mol. The lowest BCUT2D eigenvalue weighted by atomic mass is 10.1. The first-order valence-corrected chi connectivity index (χ1v) is 14.3. The Morgan fingerprint density at radius 2 is 2.06 bits per heavy atom. The normalized spacial score (nSPS) is 18.3. The molecule has 10 nitrogen and oxygen atoms in total. The molecule has 0 unspecified atom stereocenters. The molecule has 0 aromatic carbocycles. The van der Waals surface area contributed by atoms with Crippen LogP contribution in [-0.2, 0) is 26.4 Å². The van der Waals surface area contributed by atoms with E-state index in [1.165, 1.54) is 16.8 Å². The number of sulfonamides is 1. The molecule has 1 aromatic rings. The molecule has 1 aliphatic carbocycles. The van der Waals surface area contributed by atoms with Crippen molar-refractivity contribution in [2.45, 2.75) is 45.6 Å². The summed E-state index contributed by atoms with van der Waals surface area (Å²) < 4.78 is 52.0. The number of rotatable bonds is 10. The summed E-state index contributed by atoms with van der Waals surface area (Å²) in [5, 5.41) is 19.1. The third-order valence-corrected chi connectivity index (χ3v) is 7.59. The fraction of sp³-hybridized carbons (Fsp3) is 0.455. The molecule has 0 radical (unpaired) electrons. The number of allylic oxidation sites excluding steroid dienone is 2. The first kappa shape index (κ1) is 25.9. The maximum absolute atomic E-state index is 13.3. The van der Waals surface area contributed by atoms with Gasteiger partial charge in [0.05, 0.1) is 28.0 Å². The van der Waals surface area contributed by atoms with E-state index in [1.54, 1.807) is 0 Å². The van der Waals surface area contributed by atoms with E-state index in [0.717, 1.165) is 30.6 Å².